The molecule has 2 aromatic rings. The summed E-state index contributed by atoms with van der Waals surface area (Å²) in [4.78, 5) is 25.8. The minimum Gasteiger partial charge on any atom is -0.378 e. The third kappa shape index (κ3) is 4.06. The fourth-order valence-corrected chi connectivity index (χ4v) is 3.62. The van der Waals surface area contributed by atoms with Gasteiger partial charge in [-0.3, -0.25) is 4.79 Å². The van der Waals surface area contributed by atoms with E-state index >= 15 is 0 Å². The fraction of sp³-hybridized carbons (Fsp3) is 0.450. The molecule has 6 nitrogen and oxygen atoms in total. The molecular weight excluding hydrogens is 364 g/mol. The molecule has 1 saturated heterocycles. The van der Waals surface area contributed by atoms with Gasteiger partial charge in [0.25, 0.3) is 0 Å². The quantitative estimate of drug-likeness (QED) is 0.808. The Hall–Kier alpha value is -2.18. The van der Waals surface area contributed by atoms with Crippen molar-refractivity contribution in [2.75, 3.05) is 31.2 Å². The van der Waals surface area contributed by atoms with Crippen molar-refractivity contribution < 1.29 is 9.53 Å². The van der Waals surface area contributed by atoms with Crippen LogP contribution in [0.3, 0.4) is 0 Å². The topological polar surface area (TPSA) is 58.6 Å². The van der Waals surface area contributed by atoms with Crippen LogP contribution >= 0.6 is 11.6 Å². The number of anilines is 1. The molecule has 3 heterocycles. The van der Waals surface area contributed by atoms with Gasteiger partial charge in [0.15, 0.2) is 0 Å². The SMILES string of the molecule is Cc1cc(CCC(=O)N2Cc3cnc(N4CCOCC4)nc3C2)ccc1Cl. The van der Waals surface area contributed by atoms with E-state index in [1.54, 1.807) is 0 Å². The van der Waals surface area contributed by atoms with Gasteiger partial charge in [-0.1, -0.05) is 23.7 Å². The van der Waals surface area contributed by atoms with Crippen LogP contribution < -0.4 is 4.90 Å². The summed E-state index contributed by atoms with van der Waals surface area (Å²) in [5.74, 6) is 0.886. The number of carbonyl (C=O) groups is 1. The van der Waals surface area contributed by atoms with Crippen molar-refractivity contribution in [3.8, 4) is 0 Å². The zero-order valence-electron chi connectivity index (χ0n) is 15.4. The van der Waals surface area contributed by atoms with Gasteiger partial charge < -0.3 is 14.5 Å². The van der Waals surface area contributed by atoms with Gasteiger partial charge in [-0.15, -0.1) is 0 Å². The van der Waals surface area contributed by atoms with E-state index in [9.17, 15) is 4.79 Å². The van der Waals surface area contributed by atoms with Crippen LogP contribution in [0.15, 0.2) is 24.4 Å². The minimum absolute atomic E-state index is 0.147. The molecule has 0 unspecified atom stereocenters. The second kappa shape index (κ2) is 7.82. The van der Waals surface area contributed by atoms with Gasteiger partial charge in [0.2, 0.25) is 11.9 Å². The van der Waals surface area contributed by atoms with Gasteiger partial charge in [0, 0.05) is 42.8 Å². The molecule has 4 rings (SSSR count). The van der Waals surface area contributed by atoms with Gasteiger partial charge in [-0.25, -0.2) is 9.97 Å². The average Bonchev–Trinajstić information content (AvgIpc) is 3.13. The van der Waals surface area contributed by atoms with Gasteiger partial charge in [-0.2, -0.15) is 0 Å². The van der Waals surface area contributed by atoms with Gasteiger partial charge in [-0.05, 0) is 30.5 Å². The Morgan fingerprint density at radius 2 is 2.07 bits per heavy atom. The molecule has 1 aromatic carbocycles. The standard InChI is InChI=1S/C20H23ClN4O2/c1-14-10-15(2-4-17(14)21)3-5-19(26)25-12-16-11-22-20(23-18(16)13-25)24-6-8-27-9-7-24/h2,4,10-11H,3,5-9,12-13H2,1H3. The number of morpholine rings is 1. The normalized spacial score (nSPS) is 16.5. The van der Waals surface area contributed by atoms with E-state index in [-0.39, 0.29) is 5.91 Å². The predicted molar refractivity (Wildman–Crippen MR) is 104 cm³/mol. The van der Waals surface area contributed by atoms with Crippen LogP contribution in [0.25, 0.3) is 0 Å². The molecule has 1 amide bonds. The highest BCUT2D eigenvalue weighted by molar-refractivity contribution is 6.31. The third-order valence-electron chi connectivity index (χ3n) is 5.14. The lowest BCUT2D eigenvalue weighted by atomic mass is 10.1. The number of fused-ring (bicyclic) bond motifs is 1. The Morgan fingerprint density at radius 3 is 2.85 bits per heavy atom. The first-order chi connectivity index (χ1) is 13.1. The number of hydrogen-bond acceptors (Lipinski definition) is 5. The summed E-state index contributed by atoms with van der Waals surface area (Å²) < 4.78 is 5.38. The third-order valence-corrected chi connectivity index (χ3v) is 5.56. The van der Waals surface area contributed by atoms with E-state index in [1.165, 1.54) is 0 Å². The van der Waals surface area contributed by atoms with Crippen LogP contribution in [0.1, 0.15) is 28.8 Å². The molecule has 0 saturated carbocycles. The monoisotopic (exact) mass is 386 g/mol. The van der Waals surface area contributed by atoms with Crippen LogP contribution in [0.2, 0.25) is 5.02 Å². The highest BCUT2D eigenvalue weighted by Crippen LogP contribution is 2.24. The van der Waals surface area contributed by atoms with Crippen molar-refractivity contribution >= 4 is 23.5 Å². The molecule has 0 aliphatic carbocycles. The molecule has 7 heteroatoms. The van der Waals surface area contributed by atoms with E-state index in [4.69, 9.17) is 21.3 Å². The molecular formula is C20H23ClN4O2. The highest BCUT2D eigenvalue weighted by Gasteiger charge is 2.26. The van der Waals surface area contributed by atoms with Gasteiger partial charge in [0.05, 0.1) is 25.5 Å². The molecule has 0 bridgehead atoms. The Labute approximate surface area is 164 Å². The first-order valence-corrected chi connectivity index (χ1v) is 9.68. The average molecular weight is 387 g/mol. The molecule has 2 aliphatic heterocycles. The van der Waals surface area contributed by atoms with Crippen molar-refractivity contribution in [2.24, 2.45) is 0 Å². The fourth-order valence-electron chi connectivity index (χ4n) is 3.51. The number of aryl methyl sites for hydroxylation is 2. The Bertz CT molecular complexity index is 852. The van der Waals surface area contributed by atoms with Crippen molar-refractivity contribution in [2.45, 2.75) is 32.9 Å². The van der Waals surface area contributed by atoms with Crippen LogP contribution in [0.4, 0.5) is 5.95 Å². The summed E-state index contributed by atoms with van der Waals surface area (Å²) >= 11 is 6.07. The molecule has 27 heavy (non-hydrogen) atoms. The van der Waals surface area contributed by atoms with Crippen LogP contribution in [0.5, 0.6) is 0 Å². The van der Waals surface area contributed by atoms with Gasteiger partial charge >= 0.3 is 0 Å². The van der Waals surface area contributed by atoms with Crippen LogP contribution in [-0.4, -0.2) is 47.1 Å². The number of rotatable bonds is 4. The summed E-state index contributed by atoms with van der Waals surface area (Å²) in [7, 11) is 0. The molecule has 0 N–H and O–H groups in total. The number of halogens is 1. The number of benzene rings is 1. The lowest BCUT2D eigenvalue weighted by Crippen LogP contribution is -2.37. The molecule has 0 spiro atoms. The maximum atomic E-state index is 12.7. The largest absolute Gasteiger partial charge is 0.378 e. The molecule has 0 radical (unpaired) electrons. The van der Waals surface area contributed by atoms with E-state index in [2.05, 4.69) is 16.0 Å². The van der Waals surface area contributed by atoms with Crippen molar-refractivity contribution in [1.29, 1.82) is 0 Å². The van der Waals surface area contributed by atoms with E-state index in [0.29, 0.717) is 39.1 Å². The van der Waals surface area contributed by atoms with E-state index in [0.717, 1.165) is 46.4 Å². The number of hydrogen-bond donors (Lipinski definition) is 0. The van der Waals surface area contributed by atoms with Crippen molar-refractivity contribution in [3.05, 3.63) is 51.8 Å². The van der Waals surface area contributed by atoms with Gasteiger partial charge in [0.1, 0.15) is 0 Å². The van der Waals surface area contributed by atoms with E-state index < -0.39 is 0 Å². The lowest BCUT2D eigenvalue weighted by Gasteiger charge is -2.26. The number of carbonyl (C=O) groups excluding carboxylic acids is 1. The number of aromatic nitrogens is 2. The molecule has 2 aliphatic rings. The van der Waals surface area contributed by atoms with Crippen molar-refractivity contribution in [1.82, 2.24) is 14.9 Å². The number of ether oxygens (including phenoxy) is 1. The molecule has 0 atom stereocenters. The second-order valence-electron chi connectivity index (χ2n) is 7.07. The number of amides is 1. The highest BCUT2D eigenvalue weighted by atomic mass is 35.5. The lowest BCUT2D eigenvalue weighted by molar-refractivity contribution is -0.131. The maximum absolute atomic E-state index is 12.7. The molecule has 1 fully saturated rings. The first-order valence-electron chi connectivity index (χ1n) is 9.30. The first kappa shape index (κ1) is 18.2. The summed E-state index contributed by atoms with van der Waals surface area (Å²) in [6, 6.07) is 5.93. The maximum Gasteiger partial charge on any atom is 0.225 e. The zero-order chi connectivity index (χ0) is 18.8. The Balaban J connectivity index is 1.37. The number of nitrogens with zero attached hydrogens (tertiary/aromatic N) is 4. The summed E-state index contributed by atoms with van der Waals surface area (Å²) in [6.07, 6.45) is 3.07. The zero-order valence-corrected chi connectivity index (χ0v) is 16.2. The predicted octanol–water partition coefficient (Wildman–Crippen LogP) is 2.75. The smallest absolute Gasteiger partial charge is 0.225 e. The molecule has 1 aromatic heterocycles. The second-order valence-corrected chi connectivity index (χ2v) is 7.48. The summed E-state index contributed by atoms with van der Waals surface area (Å²) in [6.45, 7) is 6.16. The van der Waals surface area contributed by atoms with Crippen LogP contribution in [-0.2, 0) is 29.0 Å². The Kier molecular flexibility index (Phi) is 5.27. The molecule has 142 valence electrons. The summed E-state index contributed by atoms with van der Waals surface area (Å²) in [5.41, 5.74) is 4.18. The van der Waals surface area contributed by atoms with Crippen molar-refractivity contribution in [3.63, 3.8) is 0 Å². The minimum atomic E-state index is 0.147. The Morgan fingerprint density at radius 1 is 1.26 bits per heavy atom. The van der Waals surface area contributed by atoms with Crippen LogP contribution in [0, 0.1) is 6.92 Å². The summed E-state index contributed by atoms with van der Waals surface area (Å²) in [5, 5.41) is 0.759. The van der Waals surface area contributed by atoms with E-state index in [1.807, 2.05) is 30.2 Å².